The fraction of sp³-hybridized carbons (Fsp3) is 0.500. The number of benzene rings is 1. The van der Waals surface area contributed by atoms with Gasteiger partial charge in [-0.2, -0.15) is 0 Å². The highest BCUT2D eigenvalue weighted by molar-refractivity contribution is 6.79. The molecule has 0 saturated heterocycles. The summed E-state index contributed by atoms with van der Waals surface area (Å²) < 4.78 is 0. The van der Waals surface area contributed by atoms with Gasteiger partial charge in [-0.1, -0.05) is 55.3 Å². The van der Waals surface area contributed by atoms with Crippen molar-refractivity contribution >= 4 is 13.9 Å². The van der Waals surface area contributed by atoms with E-state index in [0.717, 1.165) is 12.8 Å². The van der Waals surface area contributed by atoms with Gasteiger partial charge in [-0.3, -0.25) is 0 Å². The monoisotopic (exact) mass is 314 g/mol. The predicted octanol–water partition coefficient (Wildman–Crippen LogP) is 5.87. The number of hydrogen-bond donors (Lipinski definition) is 1. The van der Waals surface area contributed by atoms with E-state index in [1.54, 1.807) is 0 Å². The van der Waals surface area contributed by atoms with Crippen LogP contribution in [0.5, 0.6) is 0 Å². The average Bonchev–Trinajstić information content (AvgIpc) is 2.52. The van der Waals surface area contributed by atoms with Crippen LogP contribution >= 0.6 is 0 Å². The van der Waals surface area contributed by atoms with Crippen molar-refractivity contribution in [2.24, 2.45) is 0 Å². The second-order valence-electron chi connectivity index (χ2n) is 6.86. The van der Waals surface area contributed by atoms with Crippen LogP contribution in [0.2, 0.25) is 13.1 Å². The van der Waals surface area contributed by atoms with Gasteiger partial charge in [0, 0.05) is 0 Å². The number of hydrogen-bond acceptors (Lipinski definition) is 1. The lowest BCUT2D eigenvalue weighted by molar-refractivity contribution is 0.561. The van der Waals surface area contributed by atoms with Crippen molar-refractivity contribution in [3.8, 4) is 0 Å². The first-order valence-electron chi connectivity index (χ1n) is 8.75. The van der Waals surface area contributed by atoms with Crippen LogP contribution in [0.3, 0.4) is 0 Å². The fourth-order valence-electron chi connectivity index (χ4n) is 3.43. The minimum atomic E-state index is -2.36. The Labute approximate surface area is 136 Å². The van der Waals surface area contributed by atoms with Crippen molar-refractivity contribution in [1.29, 1.82) is 0 Å². The van der Waals surface area contributed by atoms with Crippen LogP contribution in [0.25, 0.3) is 5.57 Å². The first-order valence-corrected chi connectivity index (χ1v) is 11.7. The van der Waals surface area contributed by atoms with Gasteiger partial charge in [-0.25, -0.2) is 0 Å². The third-order valence-corrected chi connectivity index (χ3v) is 6.27. The molecular weight excluding hydrogens is 284 g/mol. The lowest BCUT2D eigenvalue weighted by Crippen LogP contribution is -2.31. The summed E-state index contributed by atoms with van der Waals surface area (Å²) in [6, 6.07) is 10.7. The highest BCUT2D eigenvalue weighted by atomic mass is 28.4. The molecule has 1 aromatic carbocycles. The number of unbranched alkanes of at least 4 members (excludes halogenated alkanes) is 1. The quantitative estimate of drug-likeness (QED) is 0.651. The molecule has 0 bridgehead atoms. The molecule has 0 atom stereocenters. The second kappa shape index (κ2) is 7.93. The van der Waals surface area contributed by atoms with Crippen molar-refractivity contribution in [1.82, 2.24) is 0 Å². The van der Waals surface area contributed by atoms with Crippen LogP contribution < -0.4 is 0 Å². The Balaban J connectivity index is 2.56. The van der Waals surface area contributed by atoms with Gasteiger partial charge in [0.15, 0.2) is 0 Å². The van der Waals surface area contributed by atoms with Gasteiger partial charge in [0.05, 0.1) is 0 Å². The van der Waals surface area contributed by atoms with Gasteiger partial charge < -0.3 is 4.80 Å². The molecule has 0 unspecified atom stereocenters. The summed E-state index contributed by atoms with van der Waals surface area (Å²) in [6.45, 7) is 6.39. The third-order valence-electron chi connectivity index (χ3n) is 4.43. The molecule has 120 valence electrons. The van der Waals surface area contributed by atoms with Crippen LogP contribution in [0.1, 0.15) is 57.4 Å². The van der Waals surface area contributed by atoms with Crippen LogP contribution in [-0.4, -0.2) is 13.1 Å². The fourth-order valence-corrected chi connectivity index (χ4v) is 5.45. The molecule has 2 heteroatoms. The topological polar surface area (TPSA) is 20.2 Å². The Bertz CT molecular complexity index is 535. The lowest BCUT2D eigenvalue weighted by Gasteiger charge is -2.28. The van der Waals surface area contributed by atoms with E-state index in [9.17, 15) is 4.80 Å². The normalized spacial score (nSPS) is 17.0. The second-order valence-corrected chi connectivity index (χ2v) is 10.5. The first-order chi connectivity index (χ1) is 10.5. The third kappa shape index (κ3) is 4.44. The molecule has 0 spiro atoms. The van der Waals surface area contributed by atoms with E-state index in [0.29, 0.717) is 0 Å². The molecule has 0 heterocycles. The average molecular weight is 315 g/mol. The Morgan fingerprint density at radius 3 is 2.41 bits per heavy atom. The van der Waals surface area contributed by atoms with E-state index < -0.39 is 8.32 Å². The highest BCUT2D eigenvalue weighted by Crippen LogP contribution is 2.37. The Hall–Kier alpha value is -1.12. The summed E-state index contributed by atoms with van der Waals surface area (Å²) in [5.74, 6) is 0. The van der Waals surface area contributed by atoms with Crippen LogP contribution in [0.4, 0.5) is 0 Å². The van der Waals surface area contributed by atoms with Gasteiger partial charge in [0.1, 0.15) is 0 Å². The summed E-state index contributed by atoms with van der Waals surface area (Å²) in [4.78, 5) is 11.0. The molecule has 0 aliphatic heterocycles. The van der Waals surface area contributed by atoms with Crippen LogP contribution in [0.15, 0.2) is 47.2 Å². The minimum absolute atomic E-state index is 1.07. The molecular formula is C20H30OSi. The lowest BCUT2D eigenvalue weighted by atomic mass is 9.92. The van der Waals surface area contributed by atoms with Gasteiger partial charge in [0.25, 0.3) is 0 Å². The van der Waals surface area contributed by atoms with E-state index in [-0.39, 0.29) is 0 Å². The number of rotatable bonds is 6. The van der Waals surface area contributed by atoms with Gasteiger partial charge >= 0.3 is 0 Å². The largest absolute Gasteiger partial charge is 0.428 e. The van der Waals surface area contributed by atoms with Gasteiger partial charge in [-0.05, 0) is 68.0 Å². The maximum absolute atomic E-state index is 11.0. The van der Waals surface area contributed by atoms with Gasteiger partial charge in [-0.15, -0.1) is 0 Å². The zero-order valence-corrected chi connectivity index (χ0v) is 15.4. The standard InChI is InChI=1S/C20H30OSi/c1-4-5-16-19(17-12-8-6-9-13-17)20(22(2,3)21)18-14-10-7-11-15-18/h6,8-9,12-14,21H,4-5,7,10-11,15-16H2,1-3H3/b20-19+. The van der Waals surface area contributed by atoms with Crippen molar-refractivity contribution in [3.63, 3.8) is 0 Å². The molecule has 22 heavy (non-hydrogen) atoms. The molecule has 0 saturated carbocycles. The molecule has 0 aromatic heterocycles. The SMILES string of the molecule is CCCC/C(=C(/C1=CCCCC1)[Si](C)(C)O)c1ccccc1. The van der Waals surface area contributed by atoms with E-state index in [1.165, 1.54) is 54.0 Å². The van der Waals surface area contributed by atoms with E-state index >= 15 is 0 Å². The maximum Gasteiger partial charge on any atom is 0.214 e. The Morgan fingerprint density at radius 2 is 1.86 bits per heavy atom. The molecule has 1 aliphatic carbocycles. The molecule has 0 radical (unpaired) electrons. The minimum Gasteiger partial charge on any atom is -0.428 e. The smallest absolute Gasteiger partial charge is 0.214 e. The van der Waals surface area contributed by atoms with Crippen molar-refractivity contribution in [2.75, 3.05) is 0 Å². The predicted molar refractivity (Wildman–Crippen MR) is 99.1 cm³/mol. The first kappa shape index (κ1) is 17.2. The van der Waals surface area contributed by atoms with E-state index in [4.69, 9.17) is 0 Å². The summed E-state index contributed by atoms with van der Waals surface area (Å²) in [5.41, 5.74) is 4.13. The van der Waals surface area contributed by atoms with Crippen LogP contribution in [-0.2, 0) is 0 Å². The molecule has 1 N–H and O–H groups in total. The number of allylic oxidation sites excluding steroid dienone is 4. The summed E-state index contributed by atoms with van der Waals surface area (Å²) in [7, 11) is -2.36. The summed E-state index contributed by atoms with van der Waals surface area (Å²) in [5, 5.41) is 1.31. The van der Waals surface area contributed by atoms with Crippen LogP contribution in [0, 0.1) is 0 Å². The summed E-state index contributed by atoms with van der Waals surface area (Å²) >= 11 is 0. The Kier molecular flexibility index (Phi) is 6.22. The van der Waals surface area contributed by atoms with Gasteiger partial charge in [0.2, 0.25) is 8.32 Å². The molecule has 0 fully saturated rings. The zero-order valence-electron chi connectivity index (χ0n) is 14.4. The highest BCUT2D eigenvalue weighted by Gasteiger charge is 2.30. The zero-order chi connectivity index (χ0) is 16.0. The molecule has 2 rings (SSSR count). The molecule has 0 amide bonds. The molecule has 1 aliphatic rings. The Morgan fingerprint density at radius 1 is 1.14 bits per heavy atom. The van der Waals surface area contributed by atoms with Crippen molar-refractivity contribution in [3.05, 3.63) is 52.7 Å². The molecule has 1 aromatic rings. The van der Waals surface area contributed by atoms with Crippen molar-refractivity contribution < 1.29 is 4.80 Å². The molecule has 1 nitrogen and oxygen atoms in total. The van der Waals surface area contributed by atoms with Crippen molar-refractivity contribution in [2.45, 2.75) is 65.0 Å². The summed E-state index contributed by atoms with van der Waals surface area (Å²) in [6.07, 6.45) is 10.7. The van der Waals surface area contributed by atoms with E-state index in [2.05, 4.69) is 56.4 Å². The maximum atomic E-state index is 11.0. The van der Waals surface area contributed by atoms with E-state index in [1.807, 2.05) is 0 Å².